The van der Waals surface area contributed by atoms with Crippen molar-refractivity contribution >= 4 is 28.8 Å². The lowest BCUT2D eigenvalue weighted by Crippen LogP contribution is -2.61. The van der Waals surface area contributed by atoms with Crippen LogP contribution in [0.15, 0.2) is 60.7 Å². The highest BCUT2D eigenvalue weighted by molar-refractivity contribution is 6.74. The zero-order valence-corrected chi connectivity index (χ0v) is 39.3. The number of rotatable bonds is 25. The van der Waals surface area contributed by atoms with Crippen LogP contribution < -0.4 is 5.43 Å². The van der Waals surface area contributed by atoms with Crippen molar-refractivity contribution in [2.24, 2.45) is 0 Å². The molecular formula is C46H80N2O6Si2. The summed E-state index contributed by atoms with van der Waals surface area (Å²) in [6.45, 7) is 24.8. The molecule has 0 aliphatic rings. The topological polar surface area (TPSA) is 86.3 Å². The second kappa shape index (κ2) is 25.0. The van der Waals surface area contributed by atoms with Crippen LogP contribution in [0.1, 0.15) is 149 Å². The summed E-state index contributed by atoms with van der Waals surface area (Å²) in [7, 11) is -4.66. The summed E-state index contributed by atoms with van der Waals surface area (Å²) < 4.78 is 25.8. The lowest BCUT2D eigenvalue weighted by Gasteiger charge is -2.45. The minimum Gasteiger partial charge on any atom is -0.443 e. The molecule has 0 spiro atoms. The summed E-state index contributed by atoms with van der Waals surface area (Å²) in [5.41, 5.74) is 4.52. The number of nitrogens with zero attached hydrogens (tertiary/aromatic N) is 1. The molecule has 0 fully saturated rings. The normalized spacial score (nSPS) is 13.6. The maximum absolute atomic E-state index is 14.3. The van der Waals surface area contributed by atoms with Gasteiger partial charge in [-0.05, 0) is 53.8 Å². The van der Waals surface area contributed by atoms with Gasteiger partial charge < -0.3 is 18.3 Å². The number of carbonyl (C=O) groups is 2. The first kappa shape index (κ1) is 49.5. The first-order valence-electron chi connectivity index (χ1n) is 21.7. The molecule has 0 unspecified atom stereocenters. The van der Waals surface area contributed by atoms with E-state index >= 15 is 0 Å². The van der Waals surface area contributed by atoms with E-state index in [2.05, 4.69) is 80.1 Å². The second-order valence-electron chi connectivity index (χ2n) is 18.7. The molecule has 10 heteroatoms. The van der Waals surface area contributed by atoms with Gasteiger partial charge in [0.25, 0.3) is 0 Å². The number of unbranched alkanes of at least 4 members (excludes halogenated alkanes) is 12. The Balaban J connectivity index is 2.36. The quantitative estimate of drug-likeness (QED) is 0.0610. The molecule has 2 rings (SSSR count). The molecule has 2 atom stereocenters. The number of carbonyl (C=O) groups excluding carboxylic acids is 2. The van der Waals surface area contributed by atoms with Crippen molar-refractivity contribution in [2.45, 2.75) is 200 Å². The van der Waals surface area contributed by atoms with Crippen LogP contribution in [0, 0.1) is 0 Å². The van der Waals surface area contributed by atoms with Crippen molar-refractivity contribution in [3.05, 3.63) is 71.8 Å². The van der Waals surface area contributed by atoms with Gasteiger partial charge in [0.1, 0.15) is 19.3 Å². The molecule has 0 saturated heterocycles. The van der Waals surface area contributed by atoms with Gasteiger partial charge in [0.15, 0.2) is 16.6 Å². The second-order valence-corrected chi connectivity index (χ2v) is 28.2. The van der Waals surface area contributed by atoms with Gasteiger partial charge in [-0.25, -0.2) is 20.0 Å². The molecule has 0 radical (unpaired) electrons. The number of hydrogen-bond donors (Lipinski definition) is 1. The third kappa shape index (κ3) is 18.7. The van der Waals surface area contributed by atoms with E-state index in [1.807, 2.05) is 60.7 Å². The van der Waals surface area contributed by atoms with Crippen LogP contribution in [0.25, 0.3) is 0 Å². The van der Waals surface area contributed by atoms with E-state index in [0.29, 0.717) is 0 Å². The van der Waals surface area contributed by atoms with Gasteiger partial charge >= 0.3 is 12.2 Å². The van der Waals surface area contributed by atoms with Crippen LogP contribution in [-0.4, -0.2) is 52.6 Å². The molecule has 56 heavy (non-hydrogen) atoms. The minimum atomic E-state index is -2.37. The van der Waals surface area contributed by atoms with Crippen molar-refractivity contribution in [2.75, 3.05) is 6.61 Å². The van der Waals surface area contributed by atoms with Gasteiger partial charge in [-0.3, -0.25) is 0 Å². The average molecular weight is 813 g/mol. The Morgan fingerprint density at radius 3 is 1.50 bits per heavy atom. The molecular weight excluding hydrogens is 733 g/mol. The summed E-state index contributed by atoms with van der Waals surface area (Å²) in [6, 6.07) is 18.4. The Morgan fingerprint density at radius 2 is 1.05 bits per heavy atom. The largest absolute Gasteiger partial charge is 0.443 e. The van der Waals surface area contributed by atoms with Gasteiger partial charge in [0, 0.05) is 0 Å². The highest BCUT2D eigenvalue weighted by Gasteiger charge is 2.45. The molecule has 2 aromatic rings. The number of amides is 2. The molecule has 8 nitrogen and oxygen atoms in total. The van der Waals surface area contributed by atoms with Gasteiger partial charge in [-0.1, -0.05) is 193 Å². The highest BCUT2D eigenvalue weighted by Crippen LogP contribution is 2.40. The Labute approximate surface area is 344 Å². The van der Waals surface area contributed by atoms with Crippen LogP contribution in [0.3, 0.4) is 0 Å². The molecule has 0 aliphatic heterocycles. The summed E-state index contributed by atoms with van der Waals surface area (Å²) >= 11 is 0. The predicted molar refractivity (Wildman–Crippen MR) is 238 cm³/mol. The van der Waals surface area contributed by atoms with Crippen LogP contribution in [0.2, 0.25) is 36.3 Å². The SMILES string of the molecule is CCCCCCCCCCCCCCC[C@@H](O[Si](C)(C)C(C)(C)C)[C@H](CO[Si](C)(C)C(C)(C)C)N(NC(=O)OCc1ccccc1)C(=O)OCc1ccccc1. The molecule has 2 aromatic carbocycles. The van der Waals surface area contributed by atoms with E-state index in [1.54, 1.807) is 0 Å². The van der Waals surface area contributed by atoms with E-state index in [0.717, 1.165) is 30.4 Å². The first-order valence-corrected chi connectivity index (χ1v) is 27.5. The van der Waals surface area contributed by atoms with Crippen LogP contribution in [0.5, 0.6) is 0 Å². The van der Waals surface area contributed by atoms with Crippen LogP contribution >= 0.6 is 0 Å². The van der Waals surface area contributed by atoms with E-state index in [1.165, 1.54) is 75.6 Å². The Hall–Kier alpha value is -2.67. The lowest BCUT2D eigenvalue weighted by atomic mass is 10.0. The van der Waals surface area contributed by atoms with Crippen molar-refractivity contribution < 1.29 is 27.9 Å². The fraction of sp³-hybridized carbons (Fsp3) is 0.696. The third-order valence-corrected chi connectivity index (χ3v) is 20.9. The van der Waals surface area contributed by atoms with E-state index in [-0.39, 0.29) is 29.9 Å². The molecule has 0 heterocycles. The summed E-state index contributed by atoms with van der Waals surface area (Å²) in [4.78, 5) is 27.9. The fourth-order valence-corrected chi connectivity index (χ4v) is 8.42. The molecule has 0 bridgehead atoms. The van der Waals surface area contributed by atoms with Gasteiger partial charge in [-0.2, -0.15) is 0 Å². The van der Waals surface area contributed by atoms with Crippen molar-refractivity contribution in [3.8, 4) is 0 Å². The summed E-state index contributed by atoms with van der Waals surface area (Å²) in [5, 5.41) is 1.17. The Bertz CT molecular complexity index is 1360. The van der Waals surface area contributed by atoms with Crippen molar-refractivity contribution in [1.29, 1.82) is 0 Å². The smallest absolute Gasteiger partial charge is 0.429 e. The van der Waals surface area contributed by atoms with Gasteiger partial charge in [-0.15, -0.1) is 0 Å². The van der Waals surface area contributed by atoms with Crippen molar-refractivity contribution in [3.63, 3.8) is 0 Å². The molecule has 0 saturated carbocycles. The number of nitrogens with one attached hydrogen (secondary N) is 1. The molecule has 1 N–H and O–H groups in total. The monoisotopic (exact) mass is 813 g/mol. The number of ether oxygens (including phenoxy) is 2. The van der Waals surface area contributed by atoms with Crippen LogP contribution in [-0.2, 0) is 31.5 Å². The number of hydrogen-bond acceptors (Lipinski definition) is 6. The summed E-state index contributed by atoms with van der Waals surface area (Å²) in [5.74, 6) is 0. The highest BCUT2D eigenvalue weighted by atomic mass is 28.4. The Morgan fingerprint density at radius 1 is 0.625 bits per heavy atom. The Kier molecular flexibility index (Phi) is 22.1. The predicted octanol–water partition coefficient (Wildman–Crippen LogP) is 13.7. The fourth-order valence-electron chi connectivity index (χ4n) is 6.01. The maximum atomic E-state index is 14.3. The molecule has 0 aliphatic carbocycles. The molecule has 2 amide bonds. The minimum absolute atomic E-state index is 0.0549. The summed E-state index contributed by atoms with van der Waals surface area (Å²) in [6.07, 6.45) is 15.4. The van der Waals surface area contributed by atoms with Crippen LogP contribution in [0.4, 0.5) is 9.59 Å². The molecule has 0 aromatic heterocycles. The standard InChI is InChI=1S/C46H80N2O6Si2/c1-12-13-14-15-16-17-18-19-20-21-22-23-30-35-42(54-56(10,11)46(5,6)7)41(38-53-55(8,9)45(2,3)4)48(44(50)52-37-40-33-28-25-29-34-40)47-43(49)51-36-39-31-26-24-27-32-39/h24-29,31-34,41-42H,12-23,30,35-38H2,1-11H3,(H,47,49)/t41-,42+/m0/s1. The third-order valence-electron chi connectivity index (χ3n) is 11.9. The van der Waals surface area contributed by atoms with Gasteiger partial charge in [0.2, 0.25) is 0 Å². The number of benzene rings is 2. The average Bonchev–Trinajstić information content (AvgIpc) is 3.14. The van der Waals surface area contributed by atoms with Gasteiger partial charge in [0.05, 0.1) is 12.7 Å². The first-order chi connectivity index (χ1) is 26.4. The number of hydrazine groups is 1. The zero-order chi connectivity index (χ0) is 41.7. The van der Waals surface area contributed by atoms with E-state index in [9.17, 15) is 9.59 Å². The van der Waals surface area contributed by atoms with E-state index < -0.39 is 41.0 Å². The van der Waals surface area contributed by atoms with Crippen molar-refractivity contribution in [1.82, 2.24) is 10.4 Å². The zero-order valence-electron chi connectivity index (χ0n) is 37.3. The van der Waals surface area contributed by atoms with E-state index in [4.69, 9.17) is 18.3 Å². The molecule has 318 valence electrons. The maximum Gasteiger partial charge on any atom is 0.429 e. The lowest BCUT2D eigenvalue weighted by molar-refractivity contribution is -0.0121.